The normalized spacial score (nSPS) is 30.0. The van der Waals surface area contributed by atoms with Gasteiger partial charge in [-0.15, -0.1) is 0 Å². The van der Waals surface area contributed by atoms with Gasteiger partial charge in [0.05, 0.1) is 0 Å². The SMILES string of the molecule is CC(C)(C)OC(=O)NC1CCC(C2(N)CCCC2)CC1. The van der Waals surface area contributed by atoms with Crippen molar-refractivity contribution in [3.8, 4) is 0 Å². The first kappa shape index (κ1) is 15.6. The average molecular weight is 282 g/mol. The Morgan fingerprint density at radius 3 is 2.20 bits per heavy atom. The molecule has 0 saturated heterocycles. The highest BCUT2D eigenvalue weighted by atomic mass is 16.6. The lowest BCUT2D eigenvalue weighted by molar-refractivity contribution is 0.0480. The first-order valence-electron chi connectivity index (χ1n) is 8.07. The molecular formula is C16H30N2O2. The van der Waals surface area contributed by atoms with Crippen LogP contribution in [0.5, 0.6) is 0 Å². The van der Waals surface area contributed by atoms with Crippen molar-refractivity contribution in [3.05, 3.63) is 0 Å². The molecule has 2 aliphatic rings. The lowest BCUT2D eigenvalue weighted by Crippen LogP contribution is -2.48. The highest BCUT2D eigenvalue weighted by Crippen LogP contribution is 2.41. The second-order valence-electron chi connectivity index (χ2n) is 7.64. The predicted octanol–water partition coefficient (Wildman–Crippen LogP) is 3.34. The maximum Gasteiger partial charge on any atom is 0.407 e. The van der Waals surface area contributed by atoms with Crippen LogP contribution in [0.4, 0.5) is 4.79 Å². The Hall–Kier alpha value is -0.770. The van der Waals surface area contributed by atoms with Crippen molar-refractivity contribution in [2.24, 2.45) is 11.7 Å². The summed E-state index contributed by atoms with van der Waals surface area (Å²) >= 11 is 0. The fourth-order valence-corrected chi connectivity index (χ4v) is 3.73. The fraction of sp³-hybridized carbons (Fsp3) is 0.938. The number of hydrogen-bond acceptors (Lipinski definition) is 3. The molecular weight excluding hydrogens is 252 g/mol. The molecule has 0 atom stereocenters. The minimum absolute atomic E-state index is 0.0802. The van der Waals surface area contributed by atoms with Gasteiger partial charge < -0.3 is 15.8 Å². The van der Waals surface area contributed by atoms with Crippen LogP contribution in [0, 0.1) is 5.92 Å². The van der Waals surface area contributed by atoms with Gasteiger partial charge in [0.25, 0.3) is 0 Å². The molecule has 0 unspecified atom stereocenters. The largest absolute Gasteiger partial charge is 0.444 e. The quantitative estimate of drug-likeness (QED) is 0.816. The lowest BCUT2D eigenvalue weighted by Gasteiger charge is -2.39. The maximum atomic E-state index is 11.8. The van der Waals surface area contributed by atoms with Crippen LogP contribution in [0.15, 0.2) is 0 Å². The van der Waals surface area contributed by atoms with Crippen LogP contribution in [-0.2, 0) is 4.74 Å². The summed E-state index contributed by atoms with van der Waals surface area (Å²) in [7, 11) is 0. The van der Waals surface area contributed by atoms with Crippen LogP contribution < -0.4 is 11.1 Å². The molecule has 3 N–H and O–H groups in total. The molecule has 4 heteroatoms. The van der Waals surface area contributed by atoms with Gasteiger partial charge in [0.2, 0.25) is 0 Å². The Morgan fingerprint density at radius 1 is 1.15 bits per heavy atom. The summed E-state index contributed by atoms with van der Waals surface area (Å²) in [5.41, 5.74) is 6.21. The zero-order valence-electron chi connectivity index (χ0n) is 13.2. The van der Waals surface area contributed by atoms with Crippen LogP contribution in [0.3, 0.4) is 0 Å². The number of amides is 1. The Morgan fingerprint density at radius 2 is 1.70 bits per heavy atom. The molecule has 0 aliphatic heterocycles. The molecule has 0 bridgehead atoms. The first-order valence-corrected chi connectivity index (χ1v) is 8.07. The number of ether oxygens (including phenoxy) is 1. The molecule has 0 aromatic rings. The van der Waals surface area contributed by atoms with Gasteiger partial charge >= 0.3 is 6.09 Å². The standard InChI is InChI=1S/C16H30N2O2/c1-15(2,3)20-14(19)18-13-8-6-12(7-9-13)16(17)10-4-5-11-16/h12-13H,4-11,17H2,1-3H3,(H,18,19). The van der Waals surface area contributed by atoms with E-state index in [4.69, 9.17) is 10.5 Å². The number of rotatable bonds is 2. The fourth-order valence-electron chi connectivity index (χ4n) is 3.73. The number of carbonyl (C=O) groups excluding carboxylic acids is 1. The molecule has 2 saturated carbocycles. The van der Waals surface area contributed by atoms with Crippen LogP contribution in [0.2, 0.25) is 0 Å². The van der Waals surface area contributed by atoms with Crippen molar-refractivity contribution in [1.29, 1.82) is 0 Å². The van der Waals surface area contributed by atoms with E-state index >= 15 is 0 Å². The zero-order chi connectivity index (χ0) is 14.8. The van der Waals surface area contributed by atoms with E-state index in [1.165, 1.54) is 25.7 Å². The van der Waals surface area contributed by atoms with E-state index in [9.17, 15) is 4.79 Å². The van der Waals surface area contributed by atoms with Gasteiger partial charge in [-0.1, -0.05) is 12.8 Å². The third-order valence-corrected chi connectivity index (χ3v) is 4.80. The Balaban J connectivity index is 1.75. The molecule has 20 heavy (non-hydrogen) atoms. The van der Waals surface area contributed by atoms with Gasteiger partial charge in [-0.25, -0.2) is 4.79 Å². The second-order valence-corrected chi connectivity index (χ2v) is 7.64. The number of hydrogen-bond donors (Lipinski definition) is 2. The highest BCUT2D eigenvalue weighted by Gasteiger charge is 2.39. The summed E-state index contributed by atoms with van der Waals surface area (Å²) in [6.45, 7) is 5.67. The van der Waals surface area contributed by atoms with E-state index in [-0.39, 0.29) is 17.7 Å². The number of alkyl carbamates (subject to hydrolysis) is 1. The summed E-state index contributed by atoms with van der Waals surface area (Å²) in [5.74, 6) is 0.640. The second kappa shape index (κ2) is 5.92. The predicted molar refractivity (Wildman–Crippen MR) is 80.5 cm³/mol. The average Bonchev–Trinajstić information content (AvgIpc) is 2.75. The van der Waals surface area contributed by atoms with Crippen molar-refractivity contribution < 1.29 is 9.53 Å². The Bertz CT molecular complexity index is 335. The topological polar surface area (TPSA) is 64.3 Å². The van der Waals surface area contributed by atoms with Crippen LogP contribution in [0.1, 0.15) is 72.1 Å². The van der Waals surface area contributed by atoms with E-state index in [1.807, 2.05) is 20.8 Å². The maximum absolute atomic E-state index is 11.8. The monoisotopic (exact) mass is 282 g/mol. The van der Waals surface area contributed by atoms with Gasteiger partial charge in [-0.3, -0.25) is 0 Å². The minimum Gasteiger partial charge on any atom is -0.444 e. The summed E-state index contributed by atoms with van der Waals surface area (Å²) in [5, 5.41) is 3.00. The Kier molecular flexibility index (Phi) is 4.62. The molecule has 0 heterocycles. The van der Waals surface area contributed by atoms with Gasteiger partial charge in [-0.2, -0.15) is 0 Å². The van der Waals surface area contributed by atoms with Gasteiger partial charge in [-0.05, 0) is 65.2 Å². The summed E-state index contributed by atoms with van der Waals surface area (Å²) < 4.78 is 5.31. The molecule has 0 aromatic heterocycles. The summed E-state index contributed by atoms with van der Waals surface area (Å²) in [6.07, 6.45) is 8.98. The molecule has 4 nitrogen and oxygen atoms in total. The van der Waals surface area contributed by atoms with Gasteiger partial charge in [0.15, 0.2) is 0 Å². The minimum atomic E-state index is -0.424. The number of nitrogens with one attached hydrogen (secondary N) is 1. The molecule has 1 amide bonds. The molecule has 2 aliphatic carbocycles. The molecule has 2 rings (SSSR count). The van der Waals surface area contributed by atoms with Crippen molar-refractivity contribution in [2.45, 2.75) is 89.3 Å². The lowest BCUT2D eigenvalue weighted by atomic mass is 9.73. The number of nitrogens with two attached hydrogens (primary N) is 1. The van der Waals surface area contributed by atoms with Crippen molar-refractivity contribution >= 4 is 6.09 Å². The van der Waals surface area contributed by atoms with E-state index in [0.717, 1.165) is 25.7 Å². The molecule has 116 valence electrons. The third-order valence-electron chi connectivity index (χ3n) is 4.80. The molecule has 2 fully saturated rings. The third kappa shape index (κ3) is 4.11. The number of carbonyl (C=O) groups is 1. The van der Waals surface area contributed by atoms with Gasteiger partial charge in [0, 0.05) is 11.6 Å². The van der Waals surface area contributed by atoms with Crippen LogP contribution in [0.25, 0.3) is 0 Å². The molecule has 0 spiro atoms. The summed E-state index contributed by atoms with van der Waals surface area (Å²) in [6, 6.07) is 0.256. The van der Waals surface area contributed by atoms with E-state index in [2.05, 4.69) is 5.32 Å². The van der Waals surface area contributed by atoms with Crippen molar-refractivity contribution in [1.82, 2.24) is 5.32 Å². The first-order chi connectivity index (χ1) is 9.28. The van der Waals surface area contributed by atoms with Crippen LogP contribution in [-0.4, -0.2) is 23.3 Å². The summed E-state index contributed by atoms with van der Waals surface area (Å²) in [4.78, 5) is 11.8. The van der Waals surface area contributed by atoms with Crippen molar-refractivity contribution in [3.63, 3.8) is 0 Å². The smallest absolute Gasteiger partial charge is 0.407 e. The van der Waals surface area contributed by atoms with Crippen molar-refractivity contribution in [2.75, 3.05) is 0 Å². The van der Waals surface area contributed by atoms with Crippen LogP contribution >= 0.6 is 0 Å². The molecule has 0 aromatic carbocycles. The molecule has 0 radical (unpaired) electrons. The van der Waals surface area contributed by atoms with E-state index < -0.39 is 5.60 Å². The zero-order valence-corrected chi connectivity index (χ0v) is 13.2. The highest BCUT2D eigenvalue weighted by molar-refractivity contribution is 5.68. The Labute approximate surface area is 122 Å². The van der Waals surface area contributed by atoms with Gasteiger partial charge in [0.1, 0.15) is 5.60 Å². The van der Waals surface area contributed by atoms with E-state index in [1.54, 1.807) is 0 Å². The van der Waals surface area contributed by atoms with E-state index in [0.29, 0.717) is 5.92 Å².